The lowest BCUT2D eigenvalue weighted by Gasteiger charge is -2.39. The molecule has 1 N–H and O–H groups in total. The van der Waals surface area contributed by atoms with Crippen molar-refractivity contribution in [3.8, 4) is 5.75 Å². The summed E-state index contributed by atoms with van der Waals surface area (Å²) >= 11 is 0. The number of aliphatic carboxylic acids is 1. The summed E-state index contributed by atoms with van der Waals surface area (Å²) in [4.78, 5) is 18.4. The topological polar surface area (TPSA) is 62.7 Å². The highest BCUT2D eigenvalue weighted by molar-refractivity contribution is 5.73. The Hall–Kier alpha value is -2.40. The molecule has 0 radical (unpaired) electrons. The van der Waals surface area contributed by atoms with Gasteiger partial charge in [0.2, 0.25) is 0 Å². The van der Waals surface area contributed by atoms with Crippen LogP contribution in [0.4, 0.5) is 0 Å². The molecule has 0 bridgehead atoms. The van der Waals surface area contributed by atoms with Crippen LogP contribution in [0.2, 0.25) is 0 Å². The van der Waals surface area contributed by atoms with Crippen molar-refractivity contribution >= 4 is 5.97 Å². The SMILES string of the molecule is CCOc1ccc(C(Cc2ccccn2)N2CCCCC2C(=O)O)cc1. The molecule has 26 heavy (non-hydrogen) atoms. The van der Waals surface area contributed by atoms with Crippen molar-refractivity contribution in [2.75, 3.05) is 13.2 Å². The third-order valence-electron chi connectivity index (χ3n) is 4.93. The van der Waals surface area contributed by atoms with Crippen LogP contribution in [-0.4, -0.2) is 40.2 Å². The van der Waals surface area contributed by atoms with Crippen molar-refractivity contribution in [2.24, 2.45) is 0 Å². The summed E-state index contributed by atoms with van der Waals surface area (Å²) in [5.41, 5.74) is 2.08. The summed E-state index contributed by atoms with van der Waals surface area (Å²) in [5, 5.41) is 9.71. The van der Waals surface area contributed by atoms with Gasteiger partial charge in [0.15, 0.2) is 0 Å². The van der Waals surface area contributed by atoms with E-state index in [2.05, 4.69) is 9.88 Å². The first-order chi connectivity index (χ1) is 12.7. The summed E-state index contributed by atoms with van der Waals surface area (Å²) < 4.78 is 5.54. The molecule has 0 aliphatic carbocycles. The van der Waals surface area contributed by atoms with E-state index in [0.29, 0.717) is 19.4 Å². The highest BCUT2D eigenvalue weighted by Crippen LogP contribution is 2.32. The van der Waals surface area contributed by atoms with Crippen LogP contribution < -0.4 is 4.74 Å². The molecule has 2 aromatic rings. The van der Waals surface area contributed by atoms with E-state index in [1.165, 1.54) is 0 Å². The molecule has 138 valence electrons. The fourth-order valence-electron chi connectivity index (χ4n) is 3.69. The van der Waals surface area contributed by atoms with E-state index in [1.807, 2.05) is 49.4 Å². The fraction of sp³-hybridized carbons (Fsp3) is 0.429. The molecule has 1 saturated heterocycles. The number of ether oxygens (including phenoxy) is 1. The van der Waals surface area contributed by atoms with Gasteiger partial charge in [-0.3, -0.25) is 14.7 Å². The first kappa shape index (κ1) is 18.4. The molecule has 2 unspecified atom stereocenters. The fourth-order valence-corrected chi connectivity index (χ4v) is 3.69. The molecule has 3 rings (SSSR count). The van der Waals surface area contributed by atoms with Crippen LogP contribution in [0.1, 0.15) is 43.5 Å². The number of nitrogens with zero attached hydrogens (tertiary/aromatic N) is 2. The molecular formula is C21H26N2O3. The Balaban J connectivity index is 1.91. The van der Waals surface area contributed by atoms with Gasteiger partial charge in [0.1, 0.15) is 11.8 Å². The second-order valence-corrected chi connectivity index (χ2v) is 6.63. The van der Waals surface area contributed by atoms with Crippen LogP contribution in [0.3, 0.4) is 0 Å². The Morgan fingerprint density at radius 2 is 2.08 bits per heavy atom. The van der Waals surface area contributed by atoms with Crippen molar-refractivity contribution in [1.82, 2.24) is 9.88 Å². The number of carboxylic acid groups (broad SMARTS) is 1. The maximum atomic E-state index is 11.8. The Kier molecular flexibility index (Phi) is 6.23. The highest BCUT2D eigenvalue weighted by Gasteiger charge is 2.34. The number of aromatic nitrogens is 1. The molecule has 0 saturated carbocycles. The number of carboxylic acids is 1. The van der Waals surface area contributed by atoms with Gasteiger partial charge in [-0.1, -0.05) is 24.6 Å². The zero-order chi connectivity index (χ0) is 18.4. The average molecular weight is 354 g/mol. The van der Waals surface area contributed by atoms with E-state index >= 15 is 0 Å². The lowest BCUT2D eigenvalue weighted by atomic mass is 9.93. The van der Waals surface area contributed by atoms with Crippen LogP contribution in [-0.2, 0) is 11.2 Å². The number of hydrogen-bond donors (Lipinski definition) is 1. The normalized spacial score (nSPS) is 19.0. The molecule has 5 nitrogen and oxygen atoms in total. The highest BCUT2D eigenvalue weighted by atomic mass is 16.5. The van der Waals surface area contributed by atoms with E-state index in [-0.39, 0.29) is 6.04 Å². The predicted octanol–water partition coefficient (Wildman–Crippen LogP) is 3.70. The van der Waals surface area contributed by atoms with Gasteiger partial charge < -0.3 is 9.84 Å². The van der Waals surface area contributed by atoms with Crippen molar-refractivity contribution in [3.63, 3.8) is 0 Å². The van der Waals surface area contributed by atoms with Gasteiger partial charge in [0, 0.05) is 24.4 Å². The molecular weight excluding hydrogens is 328 g/mol. The van der Waals surface area contributed by atoms with Gasteiger partial charge in [-0.25, -0.2) is 0 Å². The number of hydrogen-bond acceptors (Lipinski definition) is 4. The first-order valence-electron chi connectivity index (χ1n) is 9.30. The molecule has 0 spiro atoms. The maximum absolute atomic E-state index is 11.8. The number of carbonyl (C=O) groups is 1. The minimum atomic E-state index is -0.735. The van der Waals surface area contributed by atoms with Crippen LogP contribution >= 0.6 is 0 Å². The number of rotatable bonds is 7. The van der Waals surface area contributed by atoms with Crippen molar-refractivity contribution in [1.29, 1.82) is 0 Å². The second kappa shape index (κ2) is 8.81. The smallest absolute Gasteiger partial charge is 0.320 e. The van der Waals surface area contributed by atoms with E-state index < -0.39 is 12.0 Å². The number of benzene rings is 1. The van der Waals surface area contributed by atoms with Gasteiger partial charge in [0.25, 0.3) is 0 Å². The van der Waals surface area contributed by atoms with E-state index in [0.717, 1.165) is 36.4 Å². The van der Waals surface area contributed by atoms with Gasteiger partial charge >= 0.3 is 5.97 Å². The Morgan fingerprint density at radius 3 is 2.73 bits per heavy atom. The number of pyridine rings is 1. The van der Waals surface area contributed by atoms with Gasteiger partial charge in [-0.15, -0.1) is 0 Å². The molecule has 1 aromatic carbocycles. The van der Waals surface area contributed by atoms with Crippen molar-refractivity contribution in [2.45, 2.75) is 44.7 Å². The summed E-state index contributed by atoms with van der Waals surface area (Å²) in [5.74, 6) is 0.0999. The Morgan fingerprint density at radius 1 is 1.27 bits per heavy atom. The van der Waals surface area contributed by atoms with Crippen LogP contribution in [0, 0.1) is 0 Å². The number of likely N-dealkylation sites (tertiary alicyclic amines) is 1. The minimum absolute atomic E-state index is 0.0121. The third kappa shape index (κ3) is 4.41. The first-order valence-corrected chi connectivity index (χ1v) is 9.30. The summed E-state index contributed by atoms with van der Waals surface area (Å²) in [6.45, 7) is 3.38. The molecule has 1 aliphatic heterocycles. The van der Waals surface area contributed by atoms with E-state index in [9.17, 15) is 9.90 Å². The number of piperidine rings is 1. The Labute approximate surface area is 154 Å². The van der Waals surface area contributed by atoms with Crippen molar-refractivity contribution < 1.29 is 14.6 Å². The lowest BCUT2D eigenvalue weighted by Crippen LogP contribution is -2.47. The summed E-state index contributed by atoms with van der Waals surface area (Å²) in [7, 11) is 0. The molecule has 1 aromatic heterocycles. The van der Waals surface area contributed by atoms with Crippen LogP contribution in [0.15, 0.2) is 48.7 Å². The third-order valence-corrected chi connectivity index (χ3v) is 4.93. The molecule has 1 aliphatic rings. The molecule has 2 heterocycles. The second-order valence-electron chi connectivity index (χ2n) is 6.63. The molecule has 0 amide bonds. The molecule has 1 fully saturated rings. The maximum Gasteiger partial charge on any atom is 0.320 e. The monoisotopic (exact) mass is 354 g/mol. The standard InChI is InChI=1S/C21H26N2O3/c1-2-26-18-11-9-16(10-12-18)20(15-17-7-3-5-13-22-17)23-14-6-4-8-19(23)21(24)25/h3,5,7,9-13,19-20H,2,4,6,8,14-15H2,1H3,(H,24,25). The zero-order valence-corrected chi connectivity index (χ0v) is 15.2. The predicted molar refractivity (Wildman–Crippen MR) is 100 cm³/mol. The average Bonchev–Trinajstić information content (AvgIpc) is 2.68. The minimum Gasteiger partial charge on any atom is -0.494 e. The zero-order valence-electron chi connectivity index (χ0n) is 15.2. The van der Waals surface area contributed by atoms with E-state index in [1.54, 1.807) is 6.20 Å². The molecule has 2 atom stereocenters. The summed E-state index contributed by atoms with van der Waals surface area (Å²) in [6.07, 6.45) is 5.17. The van der Waals surface area contributed by atoms with Crippen LogP contribution in [0.25, 0.3) is 0 Å². The lowest BCUT2D eigenvalue weighted by molar-refractivity contribution is -0.146. The van der Waals surface area contributed by atoms with Gasteiger partial charge in [-0.05, 0) is 56.1 Å². The van der Waals surface area contributed by atoms with Gasteiger partial charge in [-0.2, -0.15) is 0 Å². The van der Waals surface area contributed by atoms with E-state index in [4.69, 9.17) is 4.74 Å². The largest absolute Gasteiger partial charge is 0.494 e. The summed E-state index contributed by atoms with van der Waals surface area (Å²) in [6, 6.07) is 13.4. The van der Waals surface area contributed by atoms with Gasteiger partial charge in [0.05, 0.1) is 6.61 Å². The quantitative estimate of drug-likeness (QED) is 0.821. The Bertz CT molecular complexity index is 703. The van der Waals surface area contributed by atoms with Crippen LogP contribution in [0.5, 0.6) is 5.75 Å². The van der Waals surface area contributed by atoms with Crippen molar-refractivity contribution in [3.05, 3.63) is 59.9 Å². The molecule has 5 heteroatoms.